The number of pyridine rings is 1. The van der Waals surface area contributed by atoms with E-state index in [4.69, 9.17) is 14.2 Å². The van der Waals surface area contributed by atoms with Gasteiger partial charge < -0.3 is 19.5 Å². The van der Waals surface area contributed by atoms with Crippen LogP contribution in [0.5, 0.6) is 5.75 Å². The Bertz CT molecular complexity index is 560. The zero-order valence-electron chi connectivity index (χ0n) is 13.9. The van der Waals surface area contributed by atoms with Crippen LogP contribution in [-0.4, -0.2) is 35.9 Å². The number of methoxy groups -OCH3 is 1. The Morgan fingerprint density at radius 3 is 2.70 bits per heavy atom. The lowest BCUT2D eigenvalue weighted by atomic mass is 9.89. The number of hydrogen-bond donors (Lipinski definition) is 1. The molecule has 0 radical (unpaired) electrons. The summed E-state index contributed by atoms with van der Waals surface area (Å²) in [6.45, 7) is 5.91. The minimum atomic E-state index is -0.497. The first-order chi connectivity index (χ1) is 10.8. The standard InChI is InChI=1S/C16H23BrN2O4/c1-16(2,3)23-15(20)19-12-5-6-13(12)22-9-10-7-11(17)14(21-4)8-18-10/h7-8,12-13H,5-6,9H2,1-4H3,(H,19,20). The number of halogens is 1. The molecule has 7 heteroatoms. The molecule has 0 aliphatic heterocycles. The molecule has 6 nitrogen and oxygen atoms in total. The van der Waals surface area contributed by atoms with Gasteiger partial charge in [-0.25, -0.2) is 4.79 Å². The van der Waals surface area contributed by atoms with Crippen molar-refractivity contribution in [3.05, 3.63) is 22.4 Å². The molecular formula is C16H23BrN2O4. The Labute approximate surface area is 145 Å². The van der Waals surface area contributed by atoms with Crippen LogP contribution in [0.2, 0.25) is 0 Å². The number of hydrogen-bond acceptors (Lipinski definition) is 5. The molecule has 0 bridgehead atoms. The largest absolute Gasteiger partial charge is 0.494 e. The molecular weight excluding hydrogens is 364 g/mol. The van der Waals surface area contributed by atoms with Crippen molar-refractivity contribution in [3.63, 3.8) is 0 Å². The predicted molar refractivity (Wildman–Crippen MR) is 89.5 cm³/mol. The first-order valence-electron chi connectivity index (χ1n) is 7.58. The van der Waals surface area contributed by atoms with Gasteiger partial charge in [-0.2, -0.15) is 0 Å². The van der Waals surface area contributed by atoms with Gasteiger partial charge in [0.2, 0.25) is 0 Å². The summed E-state index contributed by atoms with van der Waals surface area (Å²) in [6.07, 6.45) is 3.05. The molecule has 0 saturated heterocycles. The summed E-state index contributed by atoms with van der Waals surface area (Å²) >= 11 is 3.42. The molecule has 0 aromatic carbocycles. The van der Waals surface area contributed by atoms with Crippen molar-refractivity contribution in [1.29, 1.82) is 0 Å². The van der Waals surface area contributed by atoms with Crippen LogP contribution in [0.3, 0.4) is 0 Å². The van der Waals surface area contributed by atoms with Crippen molar-refractivity contribution in [2.24, 2.45) is 0 Å². The van der Waals surface area contributed by atoms with Crippen LogP contribution in [0.4, 0.5) is 4.79 Å². The third kappa shape index (κ3) is 5.35. The predicted octanol–water partition coefficient (Wildman–Crippen LogP) is 3.43. The van der Waals surface area contributed by atoms with E-state index in [9.17, 15) is 4.79 Å². The number of nitrogens with zero attached hydrogens (tertiary/aromatic N) is 1. The summed E-state index contributed by atoms with van der Waals surface area (Å²) in [5, 5.41) is 2.85. The molecule has 2 rings (SSSR count). The van der Waals surface area contributed by atoms with Crippen LogP contribution in [0.25, 0.3) is 0 Å². The molecule has 1 aromatic rings. The Morgan fingerprint density at radius 2 is 2.17 bits per heavy atom. The quantitative estimate of drug-likeness (QED) is 0.839. The number of ether oxygens (including phenoxy) is 3. The fourth-order valence-corrected chi connectivity index (χ4v) is 2.70. The van der Waals surface area contributed by atoms with Crippen molar-refractivity contribution in [3.8, 4) is 5.75 Å². The Kier molecular flexibility index (Phi) is 5.86. The van der Waals surface area contributed by atoms with Gasteiger partial charge in [-0.05, 0) is 55.6 Å². The van der Waals surface area contributed by atoms with Gasteiger partial charge in [-0.1, -0.05) is 0 Å². The van der Waals surface area contributed by atoms with Crippen LogP contribution in [0.15, 0.2) is 16.7 Å². The maximum absolute atomic E-state index is 11.8. The zero-order chi connectivity index (χ0) is 17.0. The third-order valence-electron chi connectivity index (χ3n) is 3.45. The van der Waals surface area contributed by atoms with Gasteiger partial charge in [0.15, 0.2) is 5.75 Å². The van der Waals surface area contributed by atoms with E-state index in [-0.39, 0.29) is 12.1 Å². The van der Waals surface area contributed by atoms with E-state index in [0.717, 1.165) is 23.0 Å². The summed E-state index contributed by atoms with van der Waals surface area (Å²) in [5.74, 6) is 0.682. The SMILES string of the molecule is COc1cnc(COC2CCC2NC(=O)OC(C)(C)C)cc1Br. The summed E-state index contributed by atoms with van der Waals surface area (Å²) in [6, 6.07) is 1.86. The molecule has 128 valence electrons. The molecule has 1 saturated carbocycles. The van der Waals surface area contributed by atoms with E-state index >= 15 is 0 Å². The van der Waals surface area contributed by atoms with Crippen molar-refractivity contribution in [2.45, 2.75) is 58.0 Å². The van der Waals surface area contributed by atoms with Gasteiger partial charge in [0, 0.05) is 0 Å². The highest BCUT2D eigenvalue weighted by molar-refractivity contribution is 9.10. The van der Waals surface area contributed by atoms with Crippen LogP contribution in [-0.2, 0) is 16.1 Å². The van der Waals surface area contributed by atoms with E-state index < -0.39 is 11.7 Å². The fourth-order valence-electron chi connectivity index (χ4n) is 2.17. The number of aromatic nitrogens is 1. The average molecular weight is 387 g/mol. The third-order valence-corrected chi connectivity index (χ3v) is 4.07. The minimum absolute atomic E-state index is 0.00783. The zero-order valence-corrected chi connectivity index (χ0v) is 15.5. The second kappa shape index (κ2) is 7.49. The van der Waals surface area contributed by atoms with Gasteiger partial charge in [-0.15, -0.1) is 0 Å². The van der Waals surface area contributed by atoms with Gasteiger partial charge in [0.1, 0.15) is 5.60 Å². The lowest BCUT2D eigenvalue weighted by Crippen LogP contribution is -2.52. The summed E-state index contributed by atoms with van der Waals surface area (Å²) < 4.78 is 17.1. The highest BCUT2D eigenvalue weighted by Gasteiger charge is 2.34. The van der Waals surface area contributed by atoms with Gasteiger partial charge in [0.05, 0.1) is 42.2 Å². The van der Waals surface area contributed by atoms with Crippen LogP contribution in [0, 0.1) is 0 Å². The van der Waals surface area contributed by atoms with E-state index in [1.165, 1.54) is 0 Å². The summed E-state index contributed by atoms with van der Waals surface area (Å²) in [4.78, 5) is 16.1. The molecule has 1 aliphatic carbocycles. The molecule has 1 aliphatic rings. The maximum atomic E-state index is 11.8. The lowest BCUT2D eigenvalue weighted by Gasteiger charge is -2.37. The smallest absolute Gasteiger partial charge is 0.407 e. The molecule has 2 atom stereocenters. The van der Waals surface area contributed by atoms with Gasteiger partial charge in [0.25, 0.3) is 0 Å². The molecule has 1 amide bonds. The second-order valence-corrected chi connectivity index (χ2v) is 7.34. The number of rotatable bonds is 5. The van der Waals surface area contributed by atoms with E-state index in [1.54, 1.807) is 13.3 Å². The summed E-state index contributed by atoms with van der Waals surface area (Å²) in [5.41, 5.74) is 0.310. The maximum Gasteiger partial charge on any atom is 0.407 e. The first-order valence-corrected chi connectivity index (χ1v) is 8.37. The van der Waals surface area contributed by atoms with Crippen LogP contribution in [0.1, 0.15) is 39.3 Å². The fraction of sp³-hybridized carbons (Fsp3) is 0.625. The molecule has 1 heterocycles. The molecule has 0 spiro atoms. The molecule has 23 heavy (non-hydrogen) atoms. The van der Waals surface area contributed by atoms with E-state index in [0.29, 0.717) is 12.4 Å². The Morgan fingerprint density at radius 1 is 1.43 bits per heavy atom. The van der Waals surface area contributed by atoms with Crippen LogP contribution >= 0.6 is 15.9 Å². The van der Waals surface area contributed by atoms with Crippen molar-refractivity contribution in [2.75, 3.05) is 7.11 Å². The topological polar surface area (TPSA) is 69.7 Å². The summed E-state index contributed by atoms with van der Waals surface area (Å²) in [7, 11) is 1.60. The highest BCUT2D eigenvalue weighted by Crippen LogP contribution is 2.27. The Balaban J connectivity index is 1.80. The monoisotopic (exact) mass is 386 g/mol. The first kappa shape index (κ1) is 18.0. The van der Waals surface area contributed by atoms with Crippen LogP contribution < -0.4 is 10.1 Å². The Hall–Kier alpha value is -1.34. The van der Waals surface area contributed by atoms with Gasteiger partial charge in [-0.3, -0.25) is 4.98 Å². The normalized spacial score (nSPS) is 20.6. The van der Waals surface area contributed by atoms with E-state index in [1.807, 2.05) is 26.8 Å². The van der Waals surface area contributed by atoms with E-state index in [2.05, 4.69) is 26.2 Å². The minimum Gasteiger partial charge on any atom is -0.494 e. The van der Waals surface area contributed by atoms with Crippen molar-refractivity contribution in [1.82, 2.24) is 10.3 Å². The molecule has 2 unspecified atom stereocenters. The highest BCUT2D eigenvalue weighted by atomic mass is 79.9. The molecule has 1 N–H and O–H groups in total. The average Bonchev–Trinajstić information content (AvgIpc) is 2.42. The van der Waals surface area contributed by atoms with Crippen molar-refractivity contribution >= 4 is 22.0 Å². The van der Waals surface area contributed by atoms with Gasteiger partial charge >= 0.3 is 6.09 Å². The number of nitrogens with one attached hydrogen (secondary N) is 1. The lowest BCUT2D eigenvalue weighted by molar-refractivity contribution is -0.0402. The molecule has 1 fully saturated rings. The van der Waals surface area contributed by atoms with Crippen molar-refractivity contribution < 1.29 is 19.0 Å². The number of alkyl carbamates (subject to hydrolysis) is 1. The number of carbonyl (C=O) groups is 1. The number of amides is 1. The second-order valence-electron chi connectivity index (χ2n) is 6.49. The number of carbonyl (C=O) groups excluding carboxylic acids is 1. The molecule has 1 aromatic heterocycles.